The van der Waals surface area contributed by atoms with Gasteiger partial charge >= 0.3 is 5.97 Å². The van der Waals surface area contributed by atoms with Gasteiger partial charge in [-0.15, -0.1) is 23.1 Å². The highest BCUT2D eigenvalue weighted by atomic mass is 32.2. The van der Waals surface area contributed by atoms with Crippen molar-refractivity contribution < 1.29 is 14.3 Å². The molecule has 172 valence electrons. The van der Waals surface area contributed by atoms with Gasteiger partial charge in [0.05, 0.1) is 17.9 Å². The summed E-state index contributed by atoms with van der Waals surface area (Å²) in [7, 11) is 1.39. The van der Waals surface area contributed by atoms with Crippen LogP contribution in [-0.2, 0) is 22.4 Å². The SMILES string of the molecule is CCC(Sc1cccc(N)c1)C(=O)Nc1sc2c(c1C(=O)OC)CCC(c1ccccc1)C2. The van der Waals surface area contributed by atoms with E-state index >= 15 is 0 Å². The van der Waals surface area contributed by atoms with Gasteiger partial charge in [-0.05, 0) is 60.9 Å². The molecule has 7 heteroatoms. The number of benzene rings is 2. The van der Waals surface area contributed by atoms with Crippen molar-refractivity contribution in [1.29, 1.82) is 0 Å². The van der Waals surface area contributed by atoms with Crippen molar-refractivity contribution in [3.8, 4) is 0 Å². The molecule has 0 saturated carbocycles. The van der Waals surface area contributed by atoms with Crippen molar-refractivity contribution in [1.82, 2.24) is 0 Å². The lowest BCUT2D eigenvalue weighted by atomic mass is 9.83. The van der Waals surface area contributed by atoms with Crippen LogP contribution in [0.2, 0.25) is 0 Å². The number of fused-ring (bicyclic) bond motifs is 1. The molecule has 0 spiro atoms. The van der Waals surface area contributed by atoms with Gasteiger partial charge in [0.25, 0.3) is 0 Å². The molecular weight excluding hydrogens is 452 g/mol. The molecule has 5 nitrogen and oxygen atoms in total. The first-order valence-corrected chi connectivity index (χ1v) is 12.8. The molecule has 3 aromatic rings. The lowest BCUT2D eigenvalue weighted by Gasteiger charge is -2.22. The third-order valence-electron chi connectivity index (χ3n) is 5.96. The largest absolute Gasteiger partial charge is 0.465 e. The Morgan fingerprint density at radius 2 is 2.00 bits per heavy atom. The molecule has 0 radical (unpaired) electrons. The van der Waals surface area contributed by atoms with Crippen molar-refractivity contribution in [2.45, 2.75) is 48.7 Å². The fraction of sp³-hybridized carbons (Fsp3) is 0.308. The Morgan fingerprint density at radius 1 is 1.21 bits per heavy atom. The number of hydrogen-bond acceptors (Lipinski definition) is 6. The summed E-state index contributed by atoms with van der Waals surface area (Å²) in [6.07, 6.45) is 3.27. The summed E-state index contributed by atoms with van der Waals surface area (Å²) >= 11 is 2.99. The van der Waals surface area contributed by atoms with Crippen LogP contribution in [0.1, 0.15) is 52.0 Å². The average Bonchev–Trinajstić information content (AvgIpc) is 3.19. The van der Waals surface area contributed by atoms with Crippen LogP contribution in [0.5, 0.6) is 0 Å². The summed E-state index contributed by atoms with van der Waals surface area (Å²) < 4.78 is 5.09. The summed E-state index contributed by atoms with van der Waals surface area (Å²) in [4.78, 5) is 28.0. The number of esters is 1. The molecule has 2 atom stereocenters. The van der Waals surface area contributed by atoms with Crippen LogP contribution in [0.4, 0.5) is 10.7 Å². The highest BCUT2D eigenvalue weighted by Gasteiger charge is 2.31. The van der Waals surface area contributed by atoms with Crippen LogP contribution >= 0.6 is 23.1 Å². The Labute approximate surface area is 202 Å². The topological polar surface area (TPSA) is 81.4 Å². The first-order valence-electron chi connectivity index (χ1n) is 11.1. The molecule has 1 aliphatic carbocycles. The van der Waals surface area contributed by atoms with Gasteiger partial charge in [0.1, 0.15) is 5.00 Å². The Kier molecular flexibility index (Phi) is 7.40. The molecule has 33 heavy (non-hydrogen) atoms. The van der Waals surface area contributed by atoms with Crippen molar-refractivity contribution in [3.63, 3.8) is 0 Å². The normalized spacial score (nSPS) is 16.0. The van der Waals surface area contributed by atoms with Gasteiger partial charge in [-0.3, -0.25) is 4.79 Å². The molecule has 3 N–H and O–H groups in total. The summed E-state index contributed by atoms with van der Waals surface area (Å²) in [6, 6.07) is 18.0. The molecule has 4 rings (SSSR count). The van der Waals surface area contributed by atoms with Gasteiger partial charge in [-0.2, -0.15) is 0 Å². The fourth-order valence-electron chi connectivity index (χ4n) is 4.27. The predicted molar refractivity (Wildman–Crippen MR) is 136 cm³/mol. The second-order valence-corrected chi connectivity index (χ2v) is 10.5. The van der Waals surface area contributed by atoms with Gasteiger partial charge in [-0.25, -0.2) is 4.79 Å². The van der Waals surface area contributed by atoms with Crippen LogP contribution in [-0.4, -0.2) is 24.2 Å². The van der Waals surface area contributed by atoms with E-state index < -0.39 is 5.97 Å². The van der Waals surface area contributed by atoms with Gasteiger partial charge in [0.15, 0.2) is 0 Å². The third-order valence-corrected chi connectivity index (χ3v) is 8.49. The van der Waals surface area contributed by atoms with Crippen LogP contribution in [0.25, 0.3) is 0 Å². The zero-order chi connectivity index (χ0) is 23.4. The number of methoxy groups -OCH3 is 1. The van der Waals surface area contributed by atoms with Gasteiger partial charge in [0, 0.05) is 15.5 Å². The van der Waals surface area contributed by atoms with Crippen LogP contribution in [0.15, 0.2) is 59.5 Å². The van der Waals surface area contributed by atoms with E-state index in [9.17, 15) is 9.59 Å². The predicted octanol–water partition coefficient (Wildman–Crippen LogP) is 5.90. The lowest BCUT2D eigenvalue weighted by Crippen LogP contribution is -2.25. The second-order valence-electron chi connectivity index (χ2n) is 8.13. The van der Waals surface area contributed by atoms with E-state index in [2.05, 4.69) is 29.6 Å². The number of ether oxygens (including phenoxy) is 1. The molecule has 1 heterocycles. The minimum atomic E-state index is -0.391. The molecule has 1 aromatic heterocycles. The first kappa shape index (κ1) is 23.4. The summed E-state index contributed by atoms with van der Waals surface area (Å²) in [5.41, 5.74) is 9.40. The lowest BCUT2D eigenvalue weighted by molar-refractivity contribution is -0.115. The van der Waals surface area contributed by atoms with Crippen molar-refractivity contribution in [3.05, 3.63) is 76.2 Å². The minimum Gasteiger partial charge on any atom is -0.465 e. The Hall–Kier alpha value is -2.77. The van der Waals surface area contributed by atoms with Crippen molar-refractivity contribution in [2.75, 3.05) is 18.2 Å². The number of rotatable bonds is 7. The molecule has 1 amide bonds. The number of amides is 1. The maximum atomic E-state index is 13.2. The molecule has 0 saturated heterocycles. The van der Waals surface area contributed by atoms with Crippen LogP contribution < -0.4 is 11.1 Å². The Morgan fingerprint density at radius 3 is 2.70 bits per heavy atom. The summed E-state index contributed by atoms with van der Waals surface area (Å²) in [5.74, 6) is -0.0975. The number of carbonyl (C=O) groups excluding carboxylic acids is 2. The molecule has 2 unspecified atom stereocenters. The standard InChI is InChI=1S/C26H28N2O3S2/c1-3-21(32-19-11-7-10-18(27)15-19)24(29)28-25-23(26(30)31-2)20-13-12-17(14-22(20)33-25)16-8-5-4-6-9-16/h4-11,15,17,21H,3,12-14,27H2,1-2H3,(H,28,29). The number of thioether (sulfide) groups is 1. The maximum Gasteiger partial charge on any atom is 0.341 e. The number of hydrogen-bond donors (Lipinski definition) is 2. The van der Waals surface area contributed by atoms with Gasteiger partial charge in [0.2, 0.25) is 5.91 Å². The number of nitrogens with one attached hydrogen (secondary N) is 1. The zero-order valence-electron chi connectivity index (χ0n) is 18.8. The zero-order valence-corrected chi connectivity index (χ0v) is 20.4. The number of carbonyl (C=O) groups is 2. The van der Waals surface area contributed by atoms with E-state index in [1.54, 1.807) is 0 Å². The maximum absolute atomic E-state index is 13.2. The molecule has 0 bridgehead atoms. The number of nitrogens with two attached hydrogens (primary N) is 1. The highest BCUT2D eigenvalue weighted by molar-refractivity contribution is 8.00. The molecular formula is C26H28N2O3S2. The van der Waals surface area contributed by atoms with E-state index in [1.807, 2.05) is 37.3 Å². The molecule has 0 aliphatic heterocycles. The number of nitrogen functional groups attached to an aromatic ring is 1. The first-order chi connectivity index (χ1) is 16.0. The van der Waals surface area contributed by atoms with Gasteiger partial charge < -0.3 is 15.8 Å². The Balaban J connectivity index is 1.57. The summed E-state index contributed by atoms with van der Waals surface area (Å²) in [5, 5.41) is 3.35. The van der Waals surface area contributed by atoms with E-state index in [0.29, 0.717) is 28.6 Å². The number of anilines is 2. The highest BCUT2D eigenvalue weighted by Crippen LogP contribution is 2.43. The van der Waals surface area contributed by atoms with E-state index in [-0.39, 0.29) is 11.2 Å². The molecule has 2 aromatic carbocycles. The molecule has 1 aliphatic rings. The smallest absolute Gasteiger partial charge is 0.341 e. The fourth-order valence-corrected chi connectivity index (χ4v) is 6.61. The van der Waals surface area contributed by atoms with E-state index in [0.717, 1.165) is 34.6 Å². The van der Waals surface area contributed by atoms with Crippen molar-refractivity contribution >= 4 is 45.7 Å². The van der Waals surface area contributed by atoms with E-state index in [1.165, 1.54) is 35.8 Å². The number of thiophene rings is 1. The second kappa shape index (κ2) is 10.4. The minimum absolute atomic E-state index is 0.117. The van der Waals surface area contributed by atoms with Gasteiger partial charge in [-0.1, -0.05) is 43.3 Å². The van der Waals surface area contributed by atoms with E-state index in [4.69, 9.17) is 10.5 Å². The van der Waals surface area contributed by atoms with Crippen LogP contribution in [0.3, 0.4) is 0 Å². The monoisotopic (exact) mass is 480 g/mol. The Bertz CT molecular complexity index is 1140. The quantitative estimate of drug-likeness (QED) is 0.250. The average molecular weight is 481 g/mol. The summed E-state index contributed by atoms with van der Waals surface area (Å²) in [6.45, 7) is 1.98. The van der Waals surface area contributed by atoms with Crippen LogP contribution in [0, 0.1) is 0 Å². The third kappa shape index (κ3) is 5.25. The molecule has 0 fully saturated rings. The van der Waals surface area contributed by atoms with Crippen molar-refractivity contribution in [2.24, 2.45) is 0 Å².